The van der Waals surface area contributed by atoms with E-state index in [0.717, 1.165) is 54.9 Å². The zero-order valence-electron chi connectivity index (χ0n) is 46.2. The van der Waals surface area contributed by atoms with Gasteiger partial charge in [0, 0.05) is 22.4 Å². The number of ether oxygens (including phenoxy) is 1. The van der Waals surface area contributed by atoms with Crippen LogP contribution in [-0.2, 0) is 5.41 Å². The Labute approximate surface area is 466 Å². The molecular weight excluding hydrogens is 961 g/mol. The van der Waals surface area contributed by atoms with Crippen LogP contribution < -0.4 is 16.2 Å². The number of aromatic nitrogens is 1. The zero-order chi connectivity index (χ0) is 54.8. The summed E-state index contributed by atoms with van der Waals surface area (Å²) >= 11 is 0. The highest BCUT2D eigenvalue weighted by molar-refractivity contribution is 6.10. The Kier molecular flexibility index (Phi) is 14.9. The second-order valence-corrected chi connectivity index (χ2v) is 21.0. The lowest BCUT2D eigenvalue weighted by Crippen LogP contribution is -2.32. The van der Waals surface area contributed by atoms with Crippen molar-refractivity contribution in [2.75, 3.05) is 14.1 Å². The fraction of sp³-hybridized carbons (Fsp3) is 0.176. The van der Waals surface area contributed by atoms with Gasteiger partial charge in [-0.05, 0) is 210 Å². The number of rotatable bonds is 8. The van der Waals surface area contributed by atoms with Crippen LogP contribution in [0.25, 0.3) is 60.9 Å². The lowest BCUT2D eigenvalue weighted by Gasteiger charge is -2.38. The Morgan fingerprint density at radius 3 is 2.08 bits per heavy atom. The zero-order valence-corrected chi connectivity index (χ0v) is 46.2. The monoisotopic (exact) mass is 1030 g/mol. The molecule has 0 saturated heterocycles. The van der Waals surface area contributed by atoms with Crippen LogP contribution in [0.1, 0.15) is 78.3 Å². The molecule has 0 amide bonds. The minimum Gasteiger partial charge on any atom is -0.457 e. The summed E-state index contributed by atoms with van der Waals surface area (Å²) < 4.78 is 9.33. The number of hydrogen-bond acceptors (Lipinski definition) is 4. The molecule has 5 aliphatic carbocycles. The van der Waals surface area contributed by atoms with E-state index in [9.17, 15) is 0 Å². The van der Waals surface area contributed by atoms with E-state index in [4.69, 9.17) is 10.1 Å². The molecule has 5 N–H and O–H groups in total. The number of aryl methyl sites for hydroxylation is 1. The highest BCUT2D eigenvalue weighted by Crippen LogP contribution is 2.67. The summed E-state index contributed by atoms with van der Waals surface area (Å²) in [5, 5.41) is 8.01. The molecule has 79 heavy (non-hydrogen) atoms. The predicted octanol–water partition coefficient (Wildman–Crippen LogP) is 18.2. The van der Waals surface area contributed by atoms with Gasteiger partial charge < -0.3 is 26.2 Å². The van der Waals surface area contributed by atoms with Crippen LogP contribution >= 0.6 is 0 Å². The Bertz CT molecular complexity index is 3970. The lowest BCUT2D eigenvalue weighted by atomic mass is 9.63. The van der Waals surface area contributed by atoms with Crippen molar-refractivity contribution in [2.45, 2.75) is 64.2 Å². The number of nitrogens with two attached hydrogens (primary N) is 2. The van der Waals surface area contributed by atoms with Gasteiger partial charge in [0.1, 0.15) is 11.5 Å². The molecule has 392 valence electrons. The van der Waals surface area contributed by atoms with Crippen LogP contribution in [0.3, 0.4) is 0 Å². The Morgan fingerprint density at radius 2 is 1.28 bits per heavy atom. The van der Waals surface area contributed by atoms with E-state index in [1.165, 1.54) is 119 Å². The third-order valence-corrected chi connectivity index (χ3v) is 16.9. The van der Waals surface area contributed by atoms with Crippen molar-refractivity contribution in [2.24, 2.45) is 17.4 Å². The first-order valence-electron chi connectivity index (χ1n) is 28.0. The van der Waals surface area contributed by atoms with Crippen molar-refractivity contribution in [1.29, 1.82) is 5.41 Å². The minimum absolute atomic E-state index is 0.246. The molecule has 0 bridgehead atoms. The van der Waals surface area contributed by atoms with Crippen molar-refractivity contribution in [1.82, 2.24) is 4.57 Å². The molecule has 1 aromatic heterocycles. The van der Waals surface area contributed by atoms with Crippen molar-refractivity contribution in [3.8, 4) is 50.6 Å². The van der Waals surface area contributed by atoms with E-state index < -0.39 is 5.41 Å². The van der Waals surface area contributed by atoms with E-state index in [2.05, 4.69) is 262 Å². The normalized spacial score (nSPS) is 17.6. The number of benzene rings is 8. The fourth-order valence-corrected chi connectivity index (χ4v) is 13.7. The van der Waals surface area contributed by atoms with Crippen molar-refractivity contribution < 1.29 is 4.74 Å². The summed E-state index contributed by atoms with van der Waals surface area (Å²) in [4.78, 5) is 0. The second kappa shape index (κ2) is 22.4. The molecule has 3 unspecified atom stereocenters. The van der Waals surface area contributed by atoms with Gasteiger partial charge in [0.2, 0.25) is 0 Å². The van der Waals surface area contributed by atoms with Crippen molar-refractivity contribution >= 4 is 28.5 Å². The summed E-state index contributed by atoms with van der Waals surface area (Å²) in [6, 6.07) is 65.8. The Hall–Kier alpha value is -8.61. The molecule has 0 radical (unpaired) electrons. The molecule has 3 atom stereocenters. The maximum atomic E-state index is 6.87. The fourth-order valence-electron chi connectivity index (χ4n) is 13.7. The molecule has 8 aromatic carbocycles. The third-order valence-electron chi connectivity index (χ3n) is 16.9. The number of allylic oxidation sites excluding steroid dienone is 12. The van der Waals surface area contributed by atoms with Crippen LogP contribution in [0.5, 0.6) is 11.5 Å². The maximum absolute atomic E-state index is 6.87. The largest absolute Gasteiger partial charge is 0.457 e. The van der Waals surface area contributed by atoms with Crippen molar-refractivity contribution in [3.05, 3.63) is 280 Å². The molecule has 9 aromatic rings. The summed E-state index contributed by atoms with van der Waals surface area (Å²) in [6.07, 6.45) is 21.9. The highest BCUT2D eigenvalue weighted by atomic mass is 16.5. The van der Waals surface area contributed by atoms with Gasteiger partial charge in [0.25, 0.3) is 0 Å². The second-order valence-electron chi connectivity index (χ2n) is 21.0. The minimum atomic E-state index is -0.415. The van der Waals surface area contributed by atoms with E-state index >= 15 is 0 Å². The number of hydrogen-bond donors (Lipinski definition) is 3. The van der Waals surface area contributed by atoms with Gasteiger partial charge in [0.15, 0.2) is 0 Å². The van der Waals surface area contributed by atoms with Gasteiger partial charge in [-0.3, -0.25) is 0 Å². The van der Waals surface area contributed by atoms with Gasteiger partial charge in [-0.2, -0.15) is 0 Å². The smallest absolute Gasteiger partial charge is 0.130 e. The predicted molar refractivity (Wildman–Crippen MR) is 334 cm³/mol. The number of para-hydroxylation sites is 2. The summed E-state index contributed by atoms with van der Waals surface area (Å²) in [5.74, 6) is 2.47. The molecular formula is C74H70N4O. The van der Waals surface area contributed by atoms with Crippen LogP contribution in [0.4, 0.5) is 0 Å². The molecule has 1 heterocycles. The van der Waals surface area contributed by atoms with Gasteiger partial charge in [-0.25, -0.2) is 0 Å². The van der Waals surface area contributed by atoms with Gasteiger partial charge >= 0.3 is 0 Å². The Morgan fingerprint density at radius 1 is 0.595 bits per heavy atom. The van der Waals surface area contributed by atoms with Crippen LogP contribution in [0.2, 0.25) is 0 Å². The van der Waals surface area contributed by atoms with Crippen LogP contribution in [0, 0.1) is 25.2 Å². The van der Waals surface area contributed by atoms with Gasteiger partial charge in [-0.15, -0.1) is 0 Å². The summed E-state index contributed by atoms with van der Waals surface area (Å²) in [5.41, 5.74) is 35.0. The summed E-state index contributed by atoms with van der Waals surface area (Å²) in [6.45, 7) is 9.40. The Balaban J connectivity index is 0.00000107. The van der Waals surface area contributed by atoms with E-state index in [1.54, 1.807) is 5.57 Å². The van der Waals surface area contributed by atoms with E-state index in [-0.39, 0.29) is 5.92 Å². The molecule has 5 nitrogen and oxygen atoms in total. The molecule has 14 rings (SSSR count). The van der Waals surface area contributed by atoms with Crippen molar-refractivity contribution in [3.63, 3.8) is 0 Å². The van der Waals surface area contributed by atoms with E-state index in [0.29, 0.717) is 5.92 Å². The SMILES string of the molecule is C=N.CN.CN.Cc1ccccc1Oc1ccc2c(c1C)C1(C3=C(CCC=C3)C3=C1C(C)CC=C3)c1cc(-c3ccc4c(c3)c3ccccc3n4-c3cccc(-c4ccc(C(C5=CC=CCC5)c5ccccc5)cc4)c3)ccc1-2. The van der Waals surface area contributed by atoms with Crippen LogP contribution in [0.15, 0.2) is 246 Å². The van der Waals surface area contributed by atoms with Crippen LogP contribution in [-0.4, -0.2) is 25.4 Å². The molecule has 5 heteroatoms. The average Bonchev–Trinajstić information content (AvgIpc) is 3.93. The molecule has 0 saturated carbocycles. The first kappa shape index (κ1) is 52.4. The van der Waals surface area contributed by atoms with Gasteiger partial charge in [0.05, 0.1) is 16.4 Å². The van der Waals surface area contributed by atoms with E-state index in [1.807, 2.05) is 0 Å². The quantitative estimate of drug-likeness (QED) is 0.132. The standard InChI is InChI=1S/C71H57NO.2CH5N.CH3N/c1-45-18-10-15-31-66(45)73-67-41-39-60-57-38-36-54(44-63(57)71(70(60)47(67)3)62-29-13-11-26-56(62)59-28-16-19-46(2)69(59)71)53-37-40-65-61(43-53)58-27-12-14-30-64(58)72(65)55-25-17-24-52(42-55)48-32-34-51(35-33-48)68(49-20-6-4-7-21-49)50-22-8-5-9-23-50;3*1-2/h4-8,10,12-18,20-22,24-25,27-44,46,68H,9,11,19,23,26H2,1-3H3;2*2H2,1H3;2H,1H2. The molecule has 0 fully saturated rings. The molecule has 5 aliphatic rings. The maximum Gasteiger partial charge on any atom is 0.130 e. The molecule has 0 aliphatic heterocycles. The lowest BCUT2D eigenvalue weighted by molar-refractivity contribution is 0.472. The van der Waals surface area contributed by atoms with Gasteiger partial charge in [-0.1, -0.05) is 182 Å². The third kappa shape index (κ3) is 8.79. The number of fused-ring (bicyclic) bond motifs is 11. The topological polar surface area (TPSA) is 90.1 Å². The number of nitrogens with zero attached hydrogens (tertiary/aromatic N) is 1. The average molecular weight is 1030 g/mol. The summed E-state index contributed by atoms with van der Waals surface area (Å²) in [7, 11) is 3.00. The molecule has 1 spiro atoms. The first-order valence-corrected chi connectivity index (χ1v) is 28.0. The number of nitrogens with one attached hydrogen (secondary N) is 1. The highest BCUT2D eigenvalue weighted by Gasteiger charge is 2.56. The first-order chi connectivity index (χ1) is 39.0.